The standard InChI is InChI=1S/C23H24Br2S6/c1-27-21(19(26)17-7-3-15(4-8-17)11-13-24)30-23-29-20(22(28-2)31-23)18-9-5-16(6-10-18)12-14-25/h3-10,23,26H,11-14H2,1-2H3/b21-19-. The largest absolute Gasteiger partial charge is 0.141 e. The van der Waals surface area contributed by atoms with Crippen molar-refractivity contribution in [2.45, 2.75) is 16.8 Å². The Bertz CT molecular complexity index is 922. The summed E-state index contributed by atoms with van der Waals surface area (Å²) in [6.45, 7) is 0. The number of hydrogen-bond acceptors (Lipinski definition) is 6. The van der Waals surface area contributed by atoms with E-state index in [9.17, 15) is 0 Å². The molecule has 1 atom stereocenters. The maximum atomic E-state index is 4.91. The summed E-state index contributed by atoms with van der Waals surface area (Å²) < 4.78 is 3.09. The first-order valence-electron chi connectivity index (χ1n) is 9.65. The van der Waals surface area contributed by atoms with Crippen LogP contribution in [-0.2, 0) is 12.8 Å². The molecule has 0 bridgehead atoms. The van der Waals surface area contributed by atoms with E-state index in [1.54, 1.807) is 11.8 Å². The molecule has 1 aliphatic heterocycles. The molecule has 0 aliphatic carbocycles. The number of rotatable bonds is 10. The molecular formula is C23H24Br2S6. The highest BCUT2D eigenvalue weighted by molar-refractivity contribution is 9.09. The fraction of sp³-hybridized carbons (Fsp3) is 0.304. The molecule has 1 aliphatic rings. The first-order chi connectivity index (χ1) is 15.1. The Morgan fingerprint density at radius 2 is 1.48 bits per heavy atom. The Labute approximate surface area is 230 Å². The van der Waals surface area contributed by atoms with Crippen molar-refractivity contribution in [2.24, 2.45) is 0 Å². The molecule has 0 radical (unpaired) electrons. The average molecular weight is 653 g/mol. The van der Waals surface area contributed by atoms with Gasteiger partial charge in [-0.3, -0.25) is 0 Å². The number of alkyl halides is 2. The number of halogens is 2. The normalized spacial score (nSPS) is 17.3. The van der Waals surface area contributed by atoms with Crippen LogP contribution in [0.15, 0.2) is 57.0 Å². The molecule has 1 unspecified atom stereocenters. The second kappa shape index (κ2) is 13.8. The third-order valence-electron chi connectivity index (χ3n) is 4.58. The van der Waals surface area contributed by atoms with Gasteiger partial charge >= 0.3 is 0 Å². The lowest BCUT2D eigenvalue weighted by molar-refractivity contribution is 1.17. The third kappa shape index (κ3) is 7.48. The van der Waals surface area contributed by atoms with Crippen LogP contribution in [0.5, 0.6) is 0 Å². The van der Waals surface area contributed by atoms with Crippen molar-refractivity contribution in [3.05, 3.63) is 79.3 Å². The number of thiol groups is 1. The Kier molecular flexibility index (Phi) is 11.8. The van der Waals surface area contributed by atoms with E-state index in [4.69, 9.17) is 12.6 Å². The van der Waals surface area contributed by atoms with Crippen LogP contribution < -0.4 is 0 Å². The van der Waals surface area contributed by atoms with Gasteiger partial charge in [-0.2, -0.15) is 0 Å². The van der Waals surface area contributed by atoms with Crippen molar-refractivity contribution in [2.75, 3.05) is 23.2 Å². The highest BCUT2D eigenvalue weighted by atomic mass is 79.9. The van der Waals surface area contributed by atoms with Gasteiger partial charge in [0.05, 0.1) is 8.47 Å². The molecule has 2 aromatic rings. The SMILES string of the molecule is CSC1=C(c2ccc(CCBr)cc2)SC(S/C(SC)=C(\S)c2ccc(CCBr)cc2)S1. The summed E-state index contributed by atoms with van der Waals surface area (Å²) in [5, 5.41) is 1.99. The summed E-state index contributed by atoms with van der Waals surface area (Å²) in [5.41, 5.74) is 5.24. The molecule has 2 aromatic carbocycles. The van der Waals surface area contributed by atoms with Gasteiger partial charge in [0.25, 0.3) is 0 Å². The zero-order valence-corrected chi connectivity index (χ0v) is 25.4. The maximum Gasteiger partial charge on any atom is 0.110 e. The van der Waals surface area contributed by atoms with E-state index in [1.165, 1.54) is 35.6 Å². The summed E-state index contributed by atoms with van der Waals surface area (Å²) in [7, 11) is 0. The third-order valence-corrected chi connectivity index (χ3v) is 13.0. The summed E-state index contributed by atoms with van der Waals surface area (Å²) >= 11 is 21.5. The van der Waals surface area contributed by atoms with Crippen molar-refractivity contribution in [3.63, 3.8) is 0 Å². The summed E-state index contributed by atoms with van der Waals surface area (Å²) in [6, 6.07) is 17.9. The average Bonchev–Trinajstić information content (AvgIpc) is 3.21. The molecule has 0 fully saturated rings. The van der Waals surface area contributed by atoms with Gasteiger partial charge in [-0.25, -0.2) is 0 Å². The summed E-state index contributed by atoms with van der Waals surface area (Å²) in [5.74, 6) is 0. The van der Waals surface area contributed by atoms with Crippen LogP contribution >= 0.6 is 103 Å². The Morgan fingerprint density at radius 1 is 0.903 bits per heavy atom. The molecule has 0 nitrogen and oxygen atoms in total. The van der Waals surface area contributed by atoms with Crippen LogP contribution in [0.4, 0.5) is 0 Å². The van der Waals surface area contributed by atoms with E-state index in [0.29, 0.717) is 3.91 Å². The topological polar surface area (TPSA) is 0 Å². The van der Waals surface area contributed by atoms with Gasteiger partial charge in [0.2, 0.25) is 0 Å². The van der Waals surface area contributed by atoms with Crippen LogP contribution in [0.2, 0.25) is 0 Å². The molecule has 0 N–H and O–H groups in total. The summed E-state index contributed by atoms with van der Waals surface area (Å²) in [4.78, 5) is 2.48. The number of aryl methyl sites for hydroxylation is 2. The molecule has 1 heterocycles. The van der Waals surface area contributed by atoms with E-state index in [2.05, 4.69) is 92.9 Å². The van der Waals surface area contributed by atoms with Crippen molar-refractivity contribution >= 4 is 113 Å². The van der Waals surface area contributed by atoms with Gasteiger partial charge in [0.15, 0.2) is 0 Å². The van der Waals surface area contributed by atoms with E-state index >= 15 is 0 Å². The van der Waals surface area contributed by atoms with Crippen LogP contribution in [-0.4, -0.2) is 27.1 Å². The quantitative estimate of drug-likeness (QED) is 0.200. The smallest absolute Gasteiger partial charge is 0.110 e. The van der Waals surface area contributed by atoms with Gasteiger partial charge in [-0.15, -0.1) is 36.2 Å². The minimum atomic E-state index is 0.400. The molecule has 0 saturated heterocycles. The monoisotopic (exact) mass is 650 g/mol. The molecular weight excluding hydrogens is 628 g/mol. The zero-order valence-electron chi connectivity index (χ0n) is 17.3. The van der Waals surface area contributed by atoms with Crippen molar-refractivity contribution in [1.82, 2.24) is 0 Å². The molecule has 0 amide bonds. The molecule has 31 heavy (non-hydrogen) atoms. The van der Waals surface area contributed by atoms with Crippen molar-refractivity contribution in [1.29, 1.82) is 0 Å². The van der Waals surface area contributed by atoms with E-state index in [0.717, 1.165) is 28.4 Å². The fourth-order valence-electron chi connectivity index (χ4n) is 2.96. The van der Waals surface area contributed by atoms with Crippen LogP contribution in [0.25, 0.3) is 9.81 Å². The lowest BCUT2D eigenvalue weighted by atomic mass is 10.1. The Balaban J connectivity index is 1.73. The zero-order chi connectivity index (χ0) is 22.2. The molecule has 8 heteroatoms. The van der Waals surface area contributed by atoms with Crippen molar-refractivity contribution in [3.8, 4) is 0 Å². The van der Waals surface area contributed by atoms with E-state index < -0.39 is 0 Å². The molecule has 0 saturated carbocycles. The van der Waals surface area contributed by atoms with Crippen LogP contribution in [0.1, 0.15) is 22.3 Å². The van der Waals surface area contributed by atoms with Gasteiger partial charge in [-0.1, -0.05) is 116 Å². The first kappa shape index (κ1) is 26.6. The predicted octanol–water partition coefficient (Wildman–Crippen LogP) is 9.67. The van der Waals surface area contributed by atoms with Gasteiger partial charge in [0, 0.05) is 20.5 Å². The lowest BCUT2D eigenvalue weighted by Crippen LogP contribution is -1.90. The molecule has 3 rings (SSSR count). The summed E-state index contributed by atoms with van der Waals surface area (Å²) in [6.07, 6.45) is 6.45. The minimum absolute atomic E-state index is 0.400. The number of thioether (sulfide) groups is 5. The highest BCUT2D eigenvalue weighted by Crippen LogP contribution is 2.60. The second-order valence-corrected chi connectivity index (χ2v) is 15.0. The fourth-order valence-corrected chi connectivity index (χ4v) is 11.5. The molecule has 166 valence electrons. The highest BCUT2D eigenvalue weighted by Gasteiger charge is 2.28. The Morgan fingerprint density at radius 3 is 2.00 bits per heavy atom. The predicted molar refractivity (Wildman–Crippen MR) is 164 cm³/mol. The second-order valence-electron chi connectivity index (χ2n) is 6.57. The van der Waals surface area contributed by atoms with Crippen LogP contribution in [0.3, 0.4) is 0 Å². The number of hydrogen-bond donors (Lipinski definition) is 1. The minimum Gasteiger partial charge on any atom is -0.141 e. The van der Waals surface area contributed by atoms with Crippen LogP contribution in [0, 0.1) is 0 Å². The maximum absolute atomic E-state index is 4.91. The lowest BCUT2D eigenvalue weighted by Gasteiger charge is -2.14. The van der Waals surface area contributed by atoms with Gasteiger partial charge in [0.1, 0.15) is 3.91 Å². The first-order valence-corrected chi connectivity index (χ1v) is 17.4. The van der Waals surface area contributed by atoms with Gasteiger partial charge < -0.3 is 0 Å². The molecule has 0 spiro atoms. The number of benzene rings is 2. The van der Waals surface area contributed by atoms with E-state index in [1.807, 2.05) is 47.0 Å². The van der Waals surface area contributed by atoms with Crippen molar-refractivity contribution < 1.29 is 0 Å². The Hall–Kier alpha value is 0.980. The van der Waals surface area contributed by atoms with E-state index in [-0.39, 0.29) is 0 Å². The molecule has 0 aromatic heterocycles. The van der Waals surface area contributed by atoms with Gasteiger partial charge in [-0.05, 0) is 47.6 Å².